The van der Waals surface area contributed by atoms with Gasteiger partial charge < -0.3 is 14.2 Å². The minimum Gasteiger partial charge on any atom is -0.377 e. The van der Waals surface area contributed by atoms with Crippen molar-refractivity contribution >= 4 is 0 Å². The summed E-state index contributed by atoms with van der Waals surface area (Å²) < 4.78 is 17.6. The molecule has 1 unspecified atom stereocenters. The van der Waals surface area contributed by atoms with Crippen molar-refractivity contribution in [3.8, 4) is 11.8 Å². The molecule has 0 aromatic heterocycles. The number of benzene rings is 1. The Bertz CT molecular complexity index is 572. The molecule has 0 spiro atoms. The van der Waals surface area contributed by atoms with Gasteiger partial charge in [0.15, 0.2) is 6.29 Å². The summed E-state index contributed by atoms with van der Waals surface area (Å²) in [7, 11) is 0. The van der Waals surface area contributed by atoms with Crippen molar-refractivity contribution in [3.05, 3.63) is 35.4 Å². The molecule has 2 aliphatic rings. The van der Waals surface area contributed by atoms with Gasteiger partial charge in [-0.1, -0.05) is 24.0 Å². The van der Waals surface area contributed by atoms with Crippen LogP contribution in [0.3, 0.4) is 0 Å². The van der Waals surface area contributed by atoms with Crippen LogP contribution >= 0.6 is 0 Å². The second kappa shape index (κ2) is 8.67. The second-order valence-corrected chi connectivity index (χ2v) is 6.70. The van der Waals surface area contributed by atoms with Crippen LogP contribution in [0.15, 0.2) is 24.3 Å². The van der Waals surface area contributed by atoms with E-state index >= 15 is 0 Å². The Morgan fingerprint density at radius 1 is 1.21 bits per heavy atom. The molecule has 0 bridgehead atoms. The largest absolute Gasteiger partial charge is 0.377 e. The molecule has 3 rings (SSSR count). The highest BCUT2D eigenvalue weighted by Crippen LogP contribution is 2.35. The first-order chi connectivity index (χ1) is 11.8. The maximum atomic E-state index is 6.34. The standard InChI is InChI=1S/C21H28O3/c1-2-22-17-19-9-7-8-18(16-19)11-14-21(12-4-5-13-21)24-20-10-3-6-15-23-20/h7-9,16,20H,2-6,10,12-13,15,17H2,1H3. The Morgan fingerprint density at radius 3 is 2.83 bits per heavy atom. The van der Waals surface area contributed by atoms with Crippen LogP contribution in [0.25, 0.3) is 0 Å². The van der Waals surface area contributed by atoms with Crippen LogP contribution < -0.4 is 0 Å². The molecule has 3 heteroatoms. The molecule has 3 nitrogen and oxygen atoms in total. The van der Waals surface area contributed by atoms with Gasteiger partial charge in [-0.05, 0) is 69.6 Å². The van der Waals surface area contributed by atoms with Gasteiger partial charge in [0.1, 0.15) is 5.60 Å². The van der Waals surface area contributed by atoms with Gasteiger partial charge in [0.25, 0.3) is 0 Å². The minimum atomic E-state index is -0.321. The molecule has 1 aromatic carbocycles. The third kappa shape index (κ3) is 4.83. The van der Waals surface area contributed by atoms with E-state index in [1.165, 1.54) is 24.8 Å². The summed E-state index contributed by atoms with van der Waals surface area (Å²) in [6.45, 7) is 4.20. The highest BCUT2D eigenvalue weighted by molar-refractivity contribution is 5.39. The predicted molar refractivity (Wildman–Crippen MR) is 94.5 cm³/mol. The molecule has 0 N–H and O–H groups in total. The normalized spacial score (nSPS) is 22.8. The molecule has 1 heterocycles. The molecule has 1 atom stereocenters. The number of hydrogen-bond donors (Lipinski definition) is 0. The van der Waals surface area contributed by atoms with Crippen molar-refractivity contribution in [3.63, 3.8) is 0 Å². The number of rotatable bonds is 5. The fourth-order valence-corrected chi connectivity index (χ4v) is 3.42. The lowest BCUT2D eigenvalue weighted by atomic mass is 10.0. The fraction of sp³-hybridized carbons (Fsp3) is 0.619. The van der Waals surface area contributed by atoms with E-state index in [0.29, 0.717) is 6.61 Å². The topological polar surface area (TPSA) is 27.7 Å². The monoisotopic (exact) mass is 328 g/mol. The van der Waals surface area contributed by atoms with Crippen molar-refractivity contribution in [1.82, 2.24) is 0 Å². The zero-order valence-corrected chi connectivity index (χ0v) is 14.7. The summed E-state index contributed by atoms with van der Waals surface area (Å²) in [4.78, 5) is 0. The zero-order valence-electron chi connectivity index (χ0n) is 14.7. The van der Waals surface area contributed by atoms with Crippen LogP contribution in [0.2, 0.25) is 0 Å². The SMILES string of the molecule is CCOCc1cccc(C#CC2(OC3CCCCO3)CCCC2)c1. The molecule has 1 aliphatic heterocycles. The Hall–Kier alpha value is -1.34. The van der Waals surface area contributed by atoms with Gasteiger partial charge in [0, 0.05) is 18.8 Å². The Kier molecular flexibility index (Phi) is 6.31. The lowest BCUT2D eigenvalue weighted by molar-refractivity contribution is -0.206. The third-order valence-corrected chi connectivity index (χ3v) is 4.74. The second-order valence-electron chi connectivity index (χ2n) is 6.70. The van der Waals surface area contributed by atoms with E-state index in [-0.39, 0.29) is 11.9 Å². The van der Waals surface area contributed by atoms with E-state index in [1.807, 2.05) is 13.0 Å². The van der Waals surface area contributed by atoms with Crippen LogP contribution in [0.5, 0.6) is 0 Å². The van der Waals surface area contributed by atoms with E-state index in [1.54, 1.807) is 0 Å². The highest BCUT2D eigenvalue weighted by Gasteiger charge is 2.36. The molecule has 0 radical (unpaired) electrons. The quantitative estimate of drug-likeness (QED) is 0.748. The van der Waals surface area contributed by atoms with Crippen molar-refractivity contribution in [2.75, 3.05) is 13.2 Å². The van der Waals surface area contributed by atoms with Crippen molar-refractivity contribution in [2.45, 2.75) is 70.4 Å². The Labute approximate surface area is 145 Å². The first-order valence-corrected chi connectivity index (χ1v) is 9.29. The number of hydrogen-bond acceptors (Lipinski definition) is 3. The molecule has 1 saturated heterocycles. The molecule has 1 aromatic rings. The smallest absolute Gasteiger partial charge is 0.159 e. The van der Waals surface area contributed by atoms with E-state index in [9.17, 15) is 0 Å². The fourth-order valence-electron chi connectivity index (χ4n) is 3.42. The Morgan fingerprint density at radius 2 is 2.08 bits per heavy atom. The molecule has 130 valence electrons. The van der Waals surface area contributed by atoms with Crippen LogP contribution in [0, 0.1) is 11.8 Å². The van der Waals surface area contributed by atoms with Gasteiger partial charge in [0.05, 0.1) is 6.61 Å². The molecule has 1 aliphatic carbocycles. The van der Waals surface area contributed by atoms with Crippen LogP contribution in [0.4, 0.5) is 0 Å². The van der Waals surface area contributed by atoms with E-state index in [4.69, 9.17) is 14.2 Å². The molecule has 24 heavy (non-hydrogen) atoms. The summed E-state index contributed by atoms with van der Waals surface area (Å²) >= 11 is 0. The van der Waals surface area contributed by atoms with Gasteiger partial charge in [-0.15, -0.1) is 0 Å². The van der Waals surface area contributed by atoms with Gasteiger partial charge in [-0.25, -0.2) is 0 Å². The van der Waals surface area contributed by atoms with Crippen LogP contribution in [-0.4, -0.2) is 25.1 Å². The lowest BCUT2D eigenvalue weighted by Crippen LogP contribution is -2.35. The van der Waals surface area contributed by atoms with Gasteiger partial charge in [0.2, 0.25) is 0 Å². The molecular formula is C21H28O3. The first kappa shape index (κ1) is 17.5. The van der Waals surface area contributed by atoms with Crippen LogP contribution in [-0.2, 0) is 20.8 Å². The Balaban J connectivity index is 1.70. The molecule has 1 saturated carbocycles. The molecule has 2 fully saturated rings. The van der Waals surface area contributed by atoms with Crippen molar-refractivity contribution in [1.29, 1.82) is 0 Å². The van der Waals surface area contributed by atoms with Gasteiger partial charge in [-0.2, -0.15) is 0 Å². The molecule has 0 amide bonds. The summed E-state index contributed by atoms with van der Waals surface area (Å²) in [6, 6.07) is 8.30. The summed E-state index contributed by atoms with van der Waals surface area (Å²) in [5.74, 6) is 6.80. The van der Waals surface area contributed by atoms with E-state index in [2.05, 4.69) is 30.0 Å². The predicted octanol–water partition coefficient (Wildman–Crippen LogP) is 4.43. The molecular weight excluding hydrogens is 300 g/mol. The van der Waals surface area contributed by atoms with E-state index in [0.717, 1.165) is 44.5 Å². The highest BCUT2D eigenvalue weighted by atomic mass is 16.7. The zero-order chi connectivity index (χ0) is 16.7. The minimum absolute atomic E-state index is 0.0737. The number of ether oxygens (including phenoxy) is 3. The van der Waals surface area contributed by atoms with Crippen molar-refractivity contribution in [2.24, 2.45) is 0 Å². The van der Waals surface area contributed by atoms with Crippen LogP contribution in [0.1, 0.15) is 63.0 Å². The summed E-state index contributed by atoms with van der Waals surface area (Å²) in [6.07, 6.45) is 7.65. The maximum Gasteiger partial charge on any atom is 0.159 e. The lowest BCUT2D eigenvalue weighted by Gasteiger charge is -2.31. The summed E-state index contributed by atoms with van der Waals surface area (Å²) in [5.41, 5.74) is 1.88. The van der Waals surface area contributed by atoms with Gasteiger partial charge >= 0.3 is 0 Å². The average molecular weight is 328 g/mol. The summed E-state index contributed by atoms with van der Waals surface area (Å²) in [5, 5.41) is 0. The van der Waals surface area contributed by atoms with Gasteiger partial charge in [-0.3, -0.25) is 0 Å². The van der Waals surface area contributed by atoms with Crippen molar-refractivity contribution < 1.29 is 14.2 Å². The first-order valence-electron chi connectivity index (χ1n) is 9.29. The average Bonchev–Trinajstić information content (AvgIpc) is 3.08. The maximum absolute atomic E-state index is 6.34. The third-order valence-electron chi connectivity index (χ3n) is 4.74. The van der Waals surface area contributed by atoms with E-state index < -0.39 is 0 Å².